The van der Waals surface area contributed by atoms with Crippen LogP contribution >= 0.6 is 15.6 Å². The Bertz CT molecular complexity index is 2050. The summed E-state index contributed by atoms with van der Waals surface area (Å²) < 4.78 is 68.9. The predicted octanol–water partition coefficient (Wildman–Crippen LogP) is 26.5. The van der Waals surface area contributed by atoms with Gasteiger partial charge in [-0.05, 0) is 43.4 Å². The van der Waals surface area contributed by atoms with E-state index < -0.39 is 97.5 Å². The van der Waals surface area contributed by atoms with Crippen molar-refractivity contribution in [2.24, 2.45) is 17.8 Å². The maximum atomic E-state index is 13.2. The summed E-state index contributed by atoms with van der Waals surface area (Å²) in [4.78, 5) is 73.3. The molecule has 0 aromatic carbocycles. The van der Waals surface area contributed by atoms with Gasteiger partial charge in [0.25, 0.3) is 0 Å². The number of phosphoric ester groups is 2. The van der Waals surface area contributed by atoms with Gasteiger partial charge in [0.05, 0.1) is 26.4 Å². The van der Waals surface area contributed by atoms with Crippen LogP contribution in [0.5, 0.6) is 0 Å². The number of hydrogen-bond donors (Lipinski definition) is 3. The fourth-order valence-corrected chi connectivity index (χ4v) is 15.1. The van der Waals surface area contributed by atoms with Gasteiger partial charge >= 0.3 is 39.5 Å². The van der Waals surface area contributed by atoms with E-state index in [0.29, 0.717) is 25.7 Å². The lowest BCUT2D eigenvalue weighted by Gasteiger charge is -2.21. The third-order valence-electron chi connectivity index (χ3n) is 20.7. The summed E-state index contributed by atoms with van der Waals surface area (Å²) in [5.41, 5.74) is 0. The van der Waals surface area contributed by atoms with Crippen LogP contribution in [0.2, 0.25) is 0 Å². The van der Waals surface area contributed by atoms with Crippen LogP contribution in [0.4, 0.5) is 0 Å². The van der Waals surface area contributed by atoms with Gasteiger partial charge in [0.1, 0.15) is 19.3 Å². The molecule has 630 valence electrons. The minimum Gasteiger partial charge on any atom is -0.462 e. The lowest BCUT2D eigenvalue weighted by atomic mass is 9.99. The van der Waals surface area contributed by atoms with Crippen molar-refractivity contribution in [3.63, 3.8) is 0 Å². The third-order valence-corrected chi connectivity index (χ3v) is 22.6. The first-order valence-electron chi connectivity index (χ1n) is 44.9. The molecule has 0 saturated carbocycles. The molecule has 0 aromatic rings. The Morgan fingerprint density at radius 3 is 0.717 bits per heavy atom. The maximum Gasteiger partial charge on any atom is 0.472 e. The van der Waals surface area contributed by atoms with E-state index in [0.717, 1.165) is 108 Å². The SMILES string of the molecule is CCCCCCCCCCCCCCCCCCCCCCCCC(=O)O[C@H](COC(=O)CCCCCCCCCCCCCCCCCC(C)C)COP(=O)(O)OC[C@@H](O)COP(=O)(O)OC[C@@H](COC(=O)CCCCCCCCCCC(C)CC)OC(=O)CCCCCCCCCCCCCC(C)C. The van der Waals surface area contributed by atoms with Crippen LogP contribution in [0.15, 0.2) is 0 Å². The fourth-order valence-electron chi connectivity index (χ4n) is 13.5. The fraction of sp³-hybridized carbons (Fsp3) is 0.954. The van der Waals surface area contributed by atoms with Gasteiger partial charge in [0.2, 0.25) is 0 Å². The number of phosphoric acid groups is 2. The highest BCUT2D eigenvalue weighted by atomic mass is 31.2. The number of carbonyl (C=O) groups is 4. The van der Waals surface area contributed by atoms with Crippen LogP contribution in [-0.4, -0.2) is 96.7 Å². The van der Waals surface area contributed by atoms with Gasteiger partial charge in [0.15, 0.2) is 12.2 Å². The van der Waals surface area contributed by atoms with Crippen molar-refractivity contribution >= 4 is 39.5 Å². The van der Waals surface area contributed by atoms with E-state index in [1.54, 1.807) is 0 Å². The van der Waals surface area contributed by atoms with Gasteiger partial charge in [0, 0.05) is 25.7 Å². The van der Waals surface area contributed by atoms with Crippen LogP contribution in [0.3, 0.4) is 0 Å². The number of carbonyl (C=O) groups excluding carboxylic acids is 4. The van der Waals surface area contributed by atoms with Crippen molar-refractivity contribution in [2.45, 2.75) is 478 Å². The minimum absolute atomic E-state index is 0.106. The molecular weight excluding hydrogens is 1380 g/mol. The second-order valence-electron chi connectivity index (χ2n) is 32.5. The summed E-state index contributed by atoms with van der Waals surface area (Å²) in [6.07, 6.45) is 68.1. The van der Waals surface area contributed by atoms with Gasteiger partial charge in [-0.15, -0.1) is 0 Å². The number of unbranched alkanes of at least 4 members (excludes halogenated alkanes) is 52. The monoisotopic (exact) mass is 1550 g/mol. The molecule has 17 nitrogen and oxygen atoms in total. The molecule has 0 aromatic heterocycles. The van der Waals surface area contributed by atoms with E-state index in [1.807, 2.05) is 0 Å². The van der Waals surface area contributed by atoms with Crippen molar-refractivity contribution in [2.75, 3.05) is 39.6 Å². The molecule has 0 saturated heterocycles. The summed E-state index contributed by atoms with van der Waals surface area (Å²) in [7, 11) is -9.93. The van der Waals surface area contributed by atoms with Crippen molar-refractivity contribution in [3.05, 3.63) is 0 Å². The van der Waals surface area contributed by atoms with Gasteiger partial charge in [-0.1, -0.05) is 408 Å². The normalized spacial score (nSPS) is 14.1. The molecule has 0 amide bonds. The van der Waals surface area contributed by atoms with E-state index in [-0.39, 0.29) is 25.7 Å². The summed E-state index contributed by atoms with van der Waals surface area (Å²) in [5.74, 6) is 0.244. The zero-order valence-corrected chi connectivity index (χ0v) is 71.7. The molecule has 0 aliphatic heterocycles. The smallest absolute Gasteiger partial charge is 0.462 e. The molecule has 3 N–H and O–H groups in total. The topological polar surface area (TPSA) is 237 Å². The second kappa shape index (κ2) is 77.0. The molecule has 19 heteroatoms. The highest BCUT2D eigenvalue weighted by molar-refractivity contribution is 7.47. The number of hydrogen-bond acceptors (Lipinski definition) is 15. The molecule has 0 aliphatic carbocycles. The quantitative estimate of drug-likeness (QED) is 0.0222. The Kier molecular flexibility index (Phi) is 75.6. The van der Waals surface area contributed by atoms with Crippen LogP contribution in [0.1, 0.15) is 459 Å². The summed E-state index contributed by atoms with van der Waals surface area (Å²) >= 11 is 0. The summed E-state index contributed by atoms with van der Waals surface area (Å²) in [6.45, 7) is 12.0. The number of aliphatic hydroxyl groups is 1. The van der Waals surface area contributed by atoms with Gasteiger partial charge < -0.3 is 33.8 Å². The first-order chi connectivity index (χ1) is 51.3. The van der Waals surface area contributed by atoms with Gasteiger partial charge in [-0.2, -0.15) is 0 Å². The Morgan fingerprint density at radius 1 is 0.274 bits per heavy atom. The predicted molar refractivity (Wildman–Crippen MR) is 437 cm³/mol. The number of ether oxygens (including phenoxy) is 4. The Hall–Kier alpha value is -1.94. The van der Waals surface area contributed by atoms with Crippen LogP contribution in [0, 0.1) is 17.8 Å². The first kappa shape index (κ1) is 104. The number of rotatable bonds is 85. The Morgan fingerprint density at radius 2 is 0.481 bits per heavy atom. The Labute approximate surface area is 651 Å². The number of aliphatic hydroxyl groups excluding tert-OH is 1. The molecule has 0 fully saturated rings. The standard InChI is InChI=1S/C87H170O17P2/c1-8-10-11-12-13-14-15-16-17-18-19-20-21-22-23-26-30-35-40-49-56-63-70-86(91)103-82(74-97-84(89)68-61-54-47-39-34-29-27-24-25-28-32-37-44-51-58-65-78(3)4)76-101-105(93,94)99-72-81(88)73-100-106(95,96)102-77-83(75-98-85(90)69-62-55-48-43-42-46-53-60-67-80(7)9-2)104-87(92)71-64-57-50-41-36-31-33-38-45-52-59-66-79(5)6/h78-83,88H,8-77H2,1-7H3,(H,93,94)(H,95,96)/t80?,81-,82-,83-/m1/s1. The number of esters is 4. The van der Waals surface area contributed by atoms with E-state index in [1.165, 1.54) is 270 Å². The van der Waals surface area contributed by atoms with E-state index in [9.17, 15) is 43.2 Å². The lowest BCUT2D eigenvalue weighted by Crippen LogP contribution is -2.30. The van der Waals surface area contributed by atoms with E-state index >= 15 is 0 Å². The summed E-state index contributed by atoms with van der Waals surface area (Å²) in [6, 6.07) is 0. The zero-order chi connectivity index (χ0) is 77.9. The van der Waals surface area contributed by atoms with Crippen molar-refractivity contribution < 1.29 is 80.2 Å². The molecule has 6 atom stereocenters. The van der Waals surface area contributed by atoms with Crippen LogP contribution in [-0.2, 0) is 65.4 Å². The van der Waals surface area contributed by atoms with Crippen LogP contribution in [0.25, 0.3) is 0 Å². The average Bonchev–Trinajstić information content (AvgIpc) is 0.898. The molecule has 0 heterocycles. The van der Waals surface area contributed by atoms with Crippen molar-refractivity contribution in [1.82, 2.24) is 0 Å². The molecule has 0 aliphatic rings. The van der Waals surface area contributed by atoms with Crippen LogP contribution < -0.4 is 0 Å². The third kappa shape index (κ3) is 78.7. The van der Waals surface area contributed by atoms with E-state index in [2.05, 4.69) is 48.5 Å². The molecule has 3 unspecified atom stereocenters. The molecule has 106 heavy (non-hydrogen) atoms. The average molecular weight is 1550 g/mol. The molecule has 0 rings (SSSR count). The summed E-state index contributed by atoms with van der Waals surface area (Å²) in [5, 5.41) is 10.7. The highest BCUT2D eigenvalue weighted by Crippen LogP contribution is 2.45. The molecular formula is C87H170O17P2. The van der Waals surface area contributed by atoms with Crippen molar-refractivity contribution in [1.29, 1.82) is 0 Å². The second-order valence-corrected chi connectivity index (χ2v) is 35.4. The largest absolute Gasteiger partial charge is 0.472 e. The molecule has 0 radical (unpaired) electrons. The Balaban J connectivity index is 5.24. The molecule has 0 bridgehead atoms. The highest BCUT2D eigenvalue weighted by Gasteiger charge is 2.31. The van der Waals surface area contributed by atoms with Gasteiger partial charge in [-0.25, -0.2) is 9.13 Å². The minimum atomic E-state index is -4.97. The first-order valence-corrected chi connectivity index (χ1v) is 47.9. The zero-order valence-electron chi connectivity index (χ0n) is 69.9. The maximum absolute atomic E-state index is 13.2. The van der Waals surface area contributed by atoms with Gasteiger partial charge in [-0.3, -0.25) is 37.3 Å². The van der Waals surface area contributed by atoms with E-state index in [4.69, 9.17) is 37.0 Å². The molecule has 0 spiro atoms. The lowest BCUT2D eigenvalue weighted by molar-refractivity contribution is -0.161. The van der Waals surface area contributed by atoms with Crippen molar-refractivity contribution in [3.8, 4) is 0 Å².